The molecule has 3 atom stereocenters. The quantitative estimate of drug-likeness (QED) is 0.832. The van der Waals surface area contributed by atoms with Gasteiger partial charge in [0.25, 0.3) is 0 Å². The van der Waals surface area contributed by atoms with Gasteiger partial charge in [0.2, 0.25) is 5.91 Å². The Morgan fingerprint density at radius 1 is 1.26 bits per heavy atom. The van der Waals surface area contributed by atoms with Gasteiger partial charge in [0.05, 0.1) is 0 Å². The Balaban J connectivity index is 1.81. The van der Waals surface area contributed by atoms with Gasteiger partial charge in [-0.25, -0.2) is 0 Å². The highest BCUT2D eigenvalue weighted by molar-refractivity contribution is 5.80. The van der Waals surface area contributed by atoms with E-state index in [0.29, 0.717) is 19.1 Å². The minimum Gasteiger partial charge on any atom is -0.358 e. The zero-order valence-electron chi connectivity index (χ0n) is 11.4. The number of hydrogen-bond acceptors (Lipinski definition) is 2. The van der Waals surface area contributed by atoms with Gasteiger partial charge in [-0.3, -0.25) is 4.79 Å². The monoisotopic (exact) mass is 259 g/mol. The number of piperidine rings is 1. The second-order valence-electron chi connectivity index (χ2n) is 5.57. The minimum absolute atomic E-state index is 0.0172. The van der Waals surface area contributed by atoms with Crippen molar-refractivity contribution in [3.63, 3.8) is 0 Å². The van der Waals surface area contributed by atoms with Crippen molar-refractivity contribution in [1.82, 2.24) is 4.90 Å². The molecule has 1 heterocycles. The lowest BCUT2D eigenvalue weighted by Gasteiger charge is -2.39. The van der Waals surface area contributed by atoms with Crippen LogP contribution in [0.5, 0.6) is 0 Å². The van der Waals surface area contributed by atoms with Crippen molar-refractivity contribution < 1.29 is 9.53 Å². The molecule has 0 N–H and O–H groups in total. The Kier molecular flexibility index (Phi) is 3.56. The standard InChI is InChI=1S/C16H21NO2/c1-2-19-16-14-9-8-13(10-14)15(18)17(16)11-12-6-4-3-5-7-12/h3-7,13-14,16H,2,8-11H2,1H3/t13-,14+,16-/m1/s1. The number of nitrogens with zero attached hydrogens (tertiary/aromatic N) is 1. The van der Waals surface area contributed by atoms with Crippen LogP contribution in [-0.2, 0) is 16.1 Å². The number of likely N-dealkylation sites (tertiary alicyclic amines) is 1. The first-order valence-corrected chi connectivity index (χ1v) is 7.25. The molecule has 3 heteroatoms. The maximum atomic E-state index is 12.5. The van der Waals surface area contributed by atoms with E-state index in [1.807, 2.05) is 30.0 Å². The van der Waals surface area contributed by atoms with Gasteiger partial charge in [0.15, 0.2) is 0 Å². The lowest BCUT2D eigenvalue weighted by atomic mass is 9.95. The summed E-state index contributed by atoms with van der Waals surface area (Å²) in [6.45, 7) is 3.36. The van der Waals surface area contributed by atoms with Crippen LogP contribution in [0.1, 0.15) is 31.7 Å². The largest absolute Gasteiger partial charge is 0.358 e. The normalized spacial score (nSPS) is 29.8. The maximum absolute atomic E-state index is 12.5. The Labute approximate surface area is 114 Å². The Hall–Kier alpha value is -1.35. The molecule has 0 radical (unpaired) electrons. The van der Waals surface area contributed by atoms with Gasteiger partial charge in [0, 0.05) is 25.0 Å². The first kappa shape index (κ1) is 12.7. The summed E-state index contributed by atoms with van der Waals surface area (Å²) >= 11 is 0. The molecule has 102 valence electrons. The SMILES string of the molecule is CCO[C@@H]1[C@H]2CC[C@H](C2)C(=O)N1Cc1ccccc1. The Morgan fingerprint density at radius 2 is 2.05 bits per heavy atom. The number of ether oxygens (including phenoxy) is 1. The fourth-order valence-corrected chi connectivity index (χ4v) is 3.46. The zero-order chi connectivity index (χ0) is 13.2. The topological polar surface area (TPSA) is 29.5 Å². The Morgan fingerprint density at radius 3 is 2.79 bits per heavy atom. The van der Waals surface area contributed by atoms with E-state index in [1.165, 1.54) is 5.56 Å². The molecular formula is C16H21NO2. The summed E-state index contributed by atoms with van der Waals surface area (Å²) < 4.78 is 5.87. The van der Waals surface area contributed by atoms with Gasteiger partial charge in [-0.15, -0.1) is 0 Å². The van der Waals surface area contributed by atoms with Gasteiger partial charge < -0.3 is 9.64 Å². The van der Waals surface area contributed by atoms with Crippen molar-refractivity contribution in [2.24, 2.45) is 11.8 Å². The molecule has 1 aliphatic carbocycles. The number of carbonyl (C=O) groups is 1. The summed E-state index contributed by atoms with van der Waals surface area (Å²) in [5.74, 6) is 1.06. The van der Waals surface area contributed by atoms with Gasteiger partial charge in [0.1, 0.15) is 6.23 Å². The molecule has 2 aliphatic rings. The highest BCUT2D eigenvalue weighted by Crippen LogP contribution is 2.42. The van der Waals surface area contributed by atoms with Crippen LogP contribution < -0.4 is 0 Å². The first-order chi connectivity index (χ1) is 9.29. The molecule has 19 heavy (non-hydrogen) atoms. The van der Waals surface area contributed by atoms with E-state index in [1.54, 1.807) is 0 Å². The molecule has 1 aliphatic heterocycles. The van der Waals surface area contributed by atoms with Crippen LogP contribution in [0, 0.1) is 11.8 Å². The molecular weight excluding hydrogens is 238 g/mol. The van der Waals surface area contributed by atoms with Crippen molar-refractivity contribution in [3.05, 3.63) is 35.9 Å². The average molecular weight is 259 g/mol. The van der Waals surface area contributed by atoms with Crippen LogP contribution in [0.2, 0.25) is 0 Å². The van der Waals surface area contributed by atoms with Gasteiger partial charge >= 0.3 is 0 Å². The predicted octanol–water partition coefficient (Wildman–Crippen LogP) is 2.81. The zero-order valence-corrected chi connectivity index (χ0v) is 11.4. The van der Waals surface area contributed by atoms with Crippen LogP contribution in [0.15, 0.2) is 30.3 Å². The third-order valence-electron chi connectivity index (χ3n) is 4.35. The van der Waals surface area contributed by atoms with Crippen LogP contribution in [0.25, 0.3) is 0 Å². The van der Waals surface area contributed by atoms with Crippen LogP contribution in [0.4, 0.5) is 0 Å². The molecule has 0 unspecified atom stereocenters. The summed E-state index contributed by atoms with van der Waals surface area (Å²) in [6, 6.07) is 10.2. The Bertz CT molecular complexity index is 445. The predicted molar refractivity (Wildman–Crippen MR) is 73.2 cm³/mol. The minimum atomic E-state index is -0.0172. The first-order valence-electron chi connectivity index (χ1n) is 7.25. The van der Waals surface area contributed by atoms with Crippen molar-refractivity contribution >= 4 is 5.91 Å². The molecule has 1 amide bonds. The van der Waals surface area contributed by atoms with Crippen molar-refractivity contribution in [2.45, 2.75) is 39.0 Å². The van der Waals surface area contributed by atoms with E-state index in [-0.39, 0.29) is 18.1 Å². The third-order valence-corrected chi connectivity index (χ3v) is 4.35. The van der Waals surface area contributed by atoms with E-state index >= 15 is 0 Å². The summed E-state index contributed by atoms with van der Waals surface area (Å²) in [4.78, 5) is 14.5. The van der Waals surface area contributed by atoms with Gasteiger partial charge in [-0.1, -0.05) is 30.3 Å². The van der Waals surface area contributed by atoms with E-state index in [2.05, 4.69) is 12.1 Å². The summed E-state index contributed by atoms with van der Waals surface area (Å²) in [7, 11) is 0. The number of benzene rings is 1. The molecule has 1 saturated heterocycles. The number of carbonyl (C=O) groups excluding carboxylic acids is 1. The number of rotatable bonds is 4. The maximum Gasteiger partial charge on any atom is 0.228 e. The molecule has 0 spiro atoms. The summed E-state index contributed by atoms with van der Waals surface area (Å²) in [6.07, 6.45) is 3.18. The summed E-state index contributed by atoms with van der Waals surface area (Å²) in [5, 5.41) is 0. The lowest BCUT2D eigenvalue weighted by Crippen LogP contribution is -2.50. The number of amides is 1. The van der Waals surface area contributed by atoms with Gasteiger partial charge in [-0.05, 0) is 31.7 Å². The van der Waals surface area contributed by atoms with E-state index in [4.69, 9.17) is 4.74 Å². The molecule has 1 aromatic carbocycles. The van der Waals surface area contributed by atoms with Crippen LogP contribution in [-0.4, -0.2) is 23.6 Å². The van der Waals surface area contributed by atoms with E-state index in [0.717, 1.165) is 19.3 Å². The van der Waals surface area contributed by atoms with E-state index in [9.17, 15) is 4.79 Å². The summed E-state index contributed by atoms with van der Waals surface area (Å²) in [5.41, 5.74) is 1.18. The highest BCUT2D eigenvalue weighted by atomic mass is 16.5. The van der Waals surface area contributed by atoms with Gasteiger partial charge in [-0.2, -0.15) is 0 Å². The van der Waals surface area contributed by atoms with Crippen molar-refractivity contribution in [2.75, 3.05) is 6.61 Å². The van der Waals surface area contributed by atoms with E-state index < -0.39 is 0 Å². The van der Waals surface area contributed by atoms with Crippen molar-refractivity contribution in [3.8, 4) is 0 Å². The molecule has 2 bridgehead atoms. The second kappa shape index (κ2) is 5.33. The highest BCUT2D eigenvalue weighted by Gasteiger charge is 2.46. The fourth-order valence-electron chi connectivity index (χ4n) is 3.46. The second-order valence-corrected chi connectivity index (χ2v) is 5.57. The third kappa shape index (κ3) is 2.39. The fraction of sp³-hybridized carbons (Fsp3) is 0.562. The average Bonchev–Trinajstić information content (AvgIpc) is 2.88. The molecule has 2 fully saturated rings. The molecule has 1 saturated carbocycles. The molecule has 0 aromatic heterocycles. The van der Waals surface area contributed by atoms with Crippen molar-refractivity contribution in [1.29, 1.82) is 0 Å². The lowest BCUT2D eigenvalue weighted by molar-refractivity contribution is -0.164. The smallest absolute Gasteiger partial charge is 0.228 e. The molecule has 3 rings (SSSR count). The number of fused-ring (bicyclic) bond motifs is 2. The van der Waals surface area contributed by atoms with Crippen LogP contribution >= 0.6 is 0 Å². The number of hydrogen-bond donors (Lipinski definition) is 0. The molecule has 1 aromatic rings. The van der Waals surface area contributed by atoms with Crippen LogP contribution in [0.3, 0.4) is 0 Å². The molecule has 3 nitrogen and oxygen atoms in total.